The van der Waals surface area contributed by atoms with Crippen LogP contribution in [0.5, 0.6) is 0 Å². The number of aliphatic hydroxyl groups is 2. The number of aliphatic hydroxyl groups excluding tert-OH is 2. The molecule has 2 aromatic carbocycles. The summed E-state index contributed by atoms with van der Waals surface area (Å²) in [7, 11) is 0. The van der Waals surface area contributed by atoms with Crippen LogP contribution in [0.3, 0.4) is 0 Å². The molecule has 0 bridgehead atoms. The van der Waals surface area contributed by atoms with Gasteiger partial charge in [0.05, 0.1) is 12.2 Å². The molecule has 3 rings (SSSR count). The van der Waals surface area contributed by atoms with E-state index in [1.54, 1.807) is 24.3 Å². The number of rotatable bonds is 8. The molecule has 168 valence electrons. The van der Waals surface area contributed by atoms with Gasteiger partial charge in [-0.15, -0.1) is 0 Å². The van der Waals surface area contributed by atoms with Gasteiger partial charge in [-0.3, -0.25) is 4.79 Å². The summed E-state index contributed by atoms with van der Waals surface area (Å²) in [5, 5.41) is 27.4. The lowest BCUT2D eigenvalue weighted by atomic mass is 9.95. The highest BCUT2D eigenvalue weighted by Crippen LogP contribution is 2.29. The summed E-state index contributed by atoms with van der Waals surface area (Å²) in [5.41, 5.74) is 1.51. The fourth-order valence-corrected chi connectivity index (χ4v) is 3.11. The summed E-state index contributed by atoms with van der Waals surface area (Å²) in [6, 6.07) is 18.4. The molecule has 1 heterocycles. The number of benzene rings is 2. The van der Waals surface area contributed by atoms with Crippen molar-refractivity contribution < 1.29 is 39.1 Å². The fraction of sp³-hybridized carbons (Fsp3) is 0.391. The molecule has 1 aliphatic rings. The smallest absolute Gasteiger partial charge is 0.338 e. The Morgan fingerprint density at radius 1 is 1.00 bits per heavy atom. The zero-order valence-corrected chi connectivity index (χ0v) is 17.3. The predicted molar refractivity (Wildman–Crippen MR) is 111 cm³/mol. The SMILES string of the molecule is CC(=O)O.O=C(OC[C@H]1OC(O)[C@H](O)[C@H]1CCOCc1ccccc1)c1ccccc1. The molecule has 8 nitrogen and oxygen atoms in total. The van der Waals surface area contributed by atoms with Gasteiger partial charge in [-0.2, -0.15) is 0 Å². The molecule has 0 amide bonds. The van der Waals surface area contributed by atoms with E-state index in [2.05, 4.69) is 0 Å². The quantitative estimate of drug-likeness (QED) is 0.429. The summed E-state index contributed by atoms with van der Waals surface area (Å²) in [5.74, 6) is -1.67. The summed E-state index contributed by atoms with van der Waals surface area (Å²) in [6.45, 7) is 1.92. The number of carboxylic acid groups (broad SMARTS) is 1. The highest BCUT2D eigenvalue weighted by Gasteiger charge is 2.43. The number of hydrogen-bond acceptors (Lipinski definition) is 7. The Morgan fingerprint density at radius 2 is 1.58 bits per heavy atom. The van der Waals surface area contributed by atoms with Crippen molar-refractivity contribution in [3.05, 3.63) is 71.8 Å². The fourth-order valence-electron chi connectivity index (χ4n) is 3.11. The molecular weight excluding hydrogens is 404 g/mol. The Hall–Kier alpha value is -2.78. The second-order valence-electron chi connectivity index (χ2n) is 7.03. The van der Waals surface area contributed by atoms with E-state index in [4.69, 9.17) is 24.1 Å². The van der Waals surface area contributed by atoms with Crippen LogP contribution >= 0.6 is 0 Å². The van der Waals surface area contributed by atoms with Crippen LogP contribution in [-0.4, -0.2) is 59.0 Å². The molecule has 1 aliphatic heterocycles. The molecule has 1 saturated heterocycles. The third-order valence-electron chi connectivity index (χ3n) is 4.62. The van der Waals surface area contributed by atoms with Crippen LogP contribution in [-0.2, 0) is 25.6 Å². The van der Waals surface area contributed by atoms with Gasteiger partial charge < -0.3 is 29.5 Å². The van der Waals surface area contributed by atoms with E-state index in [1.807, 2.05) is 36.4 Å². The van der Waals surface area contributed by atoms with E-state index in [1.165, 1.54) is 0 Å². The minimum absolute atomic E-state index is 0.0365. The number of carbonyl (C=O) groups excluding carboxylic acids is 1. The Bertz CT molecular complexity index is 792. The number of ether oxygens (including phenoxy) is 3. The predicted octanol–water partition coefficient (Wildman–Crippen LogP) is 2.24. The maximum Gasteiger partial charge on any atom is 0.338 e. The van der Waals surface area contributed by atoms with Crippen LogP contribution in [0.25, 0.3) is 0 Å². The molecule has 0 spiro atoms. The summed E-state index contributed by atoms with van der Waals surface area (Å²) in [4.78, 5) is 21.1. The average molecular weight is 432 g/mol. The molecule has 4 atom stereocenters. The Morgan fingerprint density at radius 3 is 2.19 bits per heavy atom. The van der Waals surface area contributed by atoms with Crippen molar-refractivity contribution in [1.29, 1.82) is 0 Å². The van der Waals surface area contributed by atoms with Crippen LogP contribution in [0.2, 0.25) is 0 Å². The highest BCUT2D eigenvalue weighted by atomic mass is 16.6. The Balaban J connectivity index is 0.000000785. The molecule has 3 N–H and O–H groups in total. The maximum atomic E-state index is 12.1. The van der Waals surface area contributed by atoms with E-state index in [-0.39, 0.29) is 12.5 Å². The van der Waals surface area contributed by atoms with Gasteiger partial charge in [0.25, 0.3) is 5.97 Å². The molecular formula is C23H28O8. The van der Waals surface area contributed by atoms with Crippen LogP contribution in [0.1, 0.15) is 29.3 Å². The van der Waals surface area contributed by atoms with E-state index in [9.17, 15) is 15.0 Å². The molecule has 31 heavy (non-hydrogen) atoms. The minimum Gasteiger partial charge on any atom is -0.481 e. The first kappa shape index (κ1) is 24.5. The van der Waals surface area contributed by atoms with Crippen LogP contribution < -0.4 is 0 Å². The molecule has 0 aromatic heterocycles. The van der Waals surface area contributed by atoms with Gasteiger partial charge in [-0.1, -0.05) is 48.5 Å². The molecule has 1 unspecified atom stereocenters. The molecule has 0 radical (unpaired) electrons. The topological polar surface area (TPSA) is 123 Å². The first-order valence-electron chi connectivity index (χ1n) is 9.93. The second-order valence-corrected chi connectivity index (χ2v) is 7.03. The van der Waals surface area contributed by atoms with Crippen molar-refractivity contribution in [3.63, 3.8) is 0 Å². The van der Waals surface area contributed by atoms with E-state index in [0.717, 1.165) is 12.5 Å². The van der Waals surface area contributed by atoms with Gasteiger partial charge in [-0.05, 0) is 24.1 Å². The lowest BCUT2D eigenvalue weighted by molar-refractivity contribution is -0.134. The van der Waals surface area contributed by atoms with Crippen LogP contribution in [0, 0.1) is 5.92 Å². The van der Waals surface area contributed by atoms with Gasteiger partial charge >= 0.3 is 5.97 Å². The largest absolute Gasteiger partial charge is 0.481 e. The number of esters is 1. The van der Waals surface area contributed by atoms with Crippen LogP contribution in [0.4, 0.5) is 0 Å². The standard InChI is InChI=1S/C21H24O6.C2H4O2/c22-19-17(11-12-25-13-15-7-3-1-4-8-15)18(27-21(19)24)14-26-20(23)16-9-5-2-6-10-16;1-2(3)4/h1-10,17-19,21-22,24H,11-14H2;1H3,(H,3,4)/t17-,18+,19+,21?;/m0./s1. The highest BCUT2D eigenvalue weighted by molar-refractivity contribution is 5.89. The van der Waals surface area contributed by atoms with Gasteiger partial charge in [0.2, 0.25) is 0 Å². The summed E-state index contributed by atoms with van der Waals surface area (Å²) in [6.07, 6.45) is -2.42. The molecule has 2 aromatic rings. The molecule has 1 fully saturated rings. The van der Waals surface area contributed by atoms with Crippen molar-refractivity contribution in [3.8, 4) is 0 Å². The van der Waals surface area contributed by atoms with Crippen molar-refractivity contribution in [1.82, 2.24) is 0 Å². The van der Waals surface area contributed by atoms with Crippen molar-refractivity contribution in [2.45, 2.75) is 38.4 Å². The Kier molecular flexibility index (Phi) is 10.1. The summed E-state index contributed by atoms with van der Waals surface area (Å²) >= 11 is 0. The van der Waals surface area contributed by atoms with Gasteiger partial charge in [0.1, 0.15) is 18.8 Å². The Labute approximate surface area is 181 Å². The van der Waals surface area contributed by atoms with Crippen molar-refractivity contribution >= 4 is 11.9 Å². The number of aliphatic carboxylic acids is 1. The number of carbonyl (C=O) groups is 2. The maximum absolute atomic E-state index is 12.1. The monoisotopic (exact) mass is 432 g/mol. The lowest BCUT2D eigenvalue weighted by Crippen LogP contribution is -2.31. The molecule has 0 aliphatic carbocycles. The van der Waals surface area contributed by atoms with E-state index in [0.29, 0.717) is 25.2 Å². The van der Waals surface area contributed by atoms with Gasteiger partial charge in [-0.25, -0.2) is 4.79 Å². The van der Waals surface area contributed by atoms with Gasteiger partial charge in [0, 0.05) is 19.4 Å². The zero-order valence-electron chi connectivity index (χ0n) is 17.3. The molecule has 8 heteroatoms. The average Bonchev–Trinajstić information content (AvgIpc) is 3.03. The zero-order chi connectivity index (χ0) is 22.6. The third kappa shape index (κ3) is 8.47. The van der Waals surface area contributed by atoms with Crippen LogP contribution in [0.15, 0.2) is 60.7 Å². The van der Waals surface area contributed by atoms with E-state index < -0.39 is 30.4 Å². The second kappa shape index (κ2) is 12.8. The minimum atomic E-state index is -1.29. The normalized spacial score (nSPS) is 22.3. The van der Waals surface area contributed by atoms with Gasteiger partial charge in [0.15, 0.2) is 6.29 Å². The first-order valence-corrected chi connectivity index (χ1v) is 9.93. The number of carboxylic acids is 1. The number of hydrogen-bond donors (Lipinski definition) is 3. The summed E-state index contributed by atoms with van der Waals surface area (Å²) < 4.78 is 16.3. The lowest BCUT2D eigenvalue weighted by Gasteiger charge is -2.19. The first-order chi connectivity index (χ1) is 14.9. The van der Waals surface area contributed by atoms with Crippen molar-refractivity contribution in [2.24, 2.45) is 5.92 Å². The van der Waals surface area contributed by atoms with E-state index >= 15 is 0 Å². The van der Waals surface area contributed by atoms with Crippen molar-refractivity contribution in [2.75, 3.05) is 13.2 Å². The molecule has 0 saturated carbocycles. The third-order valence-corrected chi connectivity index (χ3v) is 4.62.